The highest BCUT2D eigenvalue weighted by Gasteiger charge is 2.19. The van der Waals surface area contributed by atoms with Gasteiger partial charge in [0.15, 0.2) is 17.5 Å². The lowest BCUT2D eigenvalue weighted by Crippen LogP contribution is -2.23. The maximum Gasteiger partial charge on any atom is 0.193 e. The van der Waals surface area contributed by atoms with Crippen molar-refractivity contribution in [3.05, 3.63) is 53.6 Å². The summed E-state index contributed by atoms with van der Waals surface area (Å²) in [4.78, 5) is 4.41. The lowest BCUT2D eigenvalue weighted by Gasteiger charge is -2.25. The molecule has 1 unspecified atom stereocenters. The van der Waals surface area contributed by atoms with Crippen molar-refractivity contribution in [2.24, 2.45) is 10.7 Å². The van der Waals surface area contributed by atoms with Gasteiger partial charge >= 0.3 is 0 Å². The van der Waals surface area contributed by atoms with Crippen LogP contribution in [0, 0.1) is 0 Å². The SMILES string of the molecule is NC(=NCCCOC1CCCc2ccccc21)Nc1ccc2c(c1)OCCCO2. The summed E-state index contributed by atoms with van der Waals surface area (Å²) < 4.78 is 17.5. The van der Waals surface area contributed by atoms with Crippen molar-refractivity contribution < 1.29 is 14.2 Å². The predicted molar refractivity (Wildman–Crippen MR) is 115 cm³/mol. The van der Waals surface area contributed by atoms with E-state index in [2.05, 4.69) is 34.6 Å². The molecule has 3 N–H and O–H groups in total. The fourth-order valence-corrected chi connectivity index (χ4v) is 3.80. The fraction of sp³-hybridized carbons (Fsp3) is 0.435. The summed E-state index contributed by atoms with van der Waals surface area (Å²) >= 11 is 0. The van der Waals surface area contributed by atoms with Crippen LogP contribution in [-0.4, -0.2) is 32.3 Å². The molecule has 1 aliphatic heterocycles. The molecule has 154 valence electrons. The molecule has 0 spiro atoms. The van der Waals surface area contributed by atoms with E-state index in [-0.39, 0.29) is 6.10 Å². The number of hydrogen-bond acceptors (Lipinski definition) is 4. The van der Waals surface area contributed by atoms with E-state index in [1.165, 1.54) is 17.5 Å². The van der Waals surface area contributed by atoms with Gasteiger partial charge in [0.2, 0.25) is 0 Å². The van der Waals surface area contributed by atoms with E-state index in [0.29, 0.717) is 32.3 Å². The molecule has 1 atom stereocenters. The van der Waals surface area contributed by atoms with Crippen LogP contribution < -0.4 is 20.5 Å². The molecule has 0 radical (unpaired) electrons. The van der Waals surface area contributed by atoms with E-state index in [1.807, 2.05) is 18.2 Å². The molecule has 2 aromatic rings. The van der Waals surface area contributed by atoms with Crippen LogP contribution in [0.2, 0.25) is 0 Å². The van der Waals surface area contributed by atoms with Crippen LogP contribution in [0.3, 0.4) is 0 Å². The molecule has 0 bridgehead atoms. The zero-order chi connectivity index (χ0) is 19.9. The van der Waals surface area contributed by atoms with Crippen LogP contribution in [-0.2, 0) is 11.2 Å². The lowest BCUT2D eigenvalue weighted by molar-refractivity contribution is 0.0403. The quantitative estimate of drug-likeness (QED) is 0.438. The third-order valence-corrected chi connectivity index (χ3v) is 5.24. The summed E-state index contributed by atoms with van der Waals surface area (Å²) in [5, 5.41) is 3.12. The average molecular weight is 396 g/mol. The largest absolute Gasteiger partial charge is 0.490 e. The minimum absolute atomic E-state index is 0.209. The van der Waals surface area contributed by atoms with Crippen molar-refractivity contribution in [3.63, 3.8) is 0 Å². The van der Waals surface area contributed by atoms with Crippen LogP contribution in [0.4, 0.5) is 5.69 Å². The number of guanidine groups is 1. The highest BCUT2D eigenvalue weighted by Crippen LogP contribution is 2.33. The van der Waals surface area contributed by atoms with Crippen molar-refractivity contribution in [2.75, 3.05) is 31.7 Å². The molecular weight excluding hydrogens is 366 g/mol. The molecule has 2 aliphatic rings. The molecule has 4 rings (SSSR count). The average Bonchev–Trinajstić information content (AvgIpc) is 2.98. The third-order valence-electron chi connectivity index (χ3n) is 5.24. The predicted octanol–water partition coefficient (Wildman–Crippen LogP) is 4.06. The first-order valence-corrected chi connectivity index (χ1v) is 10.5. The highest BCUT2D eigenvalue weighted by molar-refractivity contribution is 5.92. The summed E-state index contributed by atoms with van der Waals surface area (Å²) in [6.45, 7) is 2.64. The Morgan fingerprint density at radius 1 is 1.10 bits per heavy atom. The van der Waals surface area contributed by atoms with E-state index in [4.69, 9.17) is 19.9 Å². The molecule has 6 heteroatoms. The number of fused-ring (bicyclic) bond motifs is 2. The maximum absolute atomic E-state index is 6.12. The van der Waals surface area contributed by atoms with Crippen LogP contribution in [0.25, 0.3) is 0 Å². The van der Waals surface area contributed by atoms with E-state index >= 15 is 0 Å². The van der Waals surface area contributed by atoms with Gasteiger partial charge in [-0.1, -0.05) is 24.3 Å². The zero-order valence-electron chi connectivity index (χ0n) is 16.7. The molecule has 0 amide bonds. The molecule has 1 aliphatic carbocycles. The standard InChI is InChI=1S/C23H29N3O3/c24-23(26-18-10-11-21-22(16-18)29-15-5-14-28-21)25-12-4-13-27-20-9-3-7-17-6-1-2-8-19(17)20/h1-2,6,8,10-11,16,20H,3-5,7,9,12-15H2,(H3,24,25,26). The Hall–Kier alpha value is -2.73. The third kappa shape index (κ3) is 5.21. The number of anilines is 1. The summed E-state index contributed by atoms with van der Waals surface area (Å²) in [7, 11) is 0. The second-order valence-corrected chi connectivity index (χ2v) is 7.41. The Labute approximate surface area is 172 Å². The number of aryl methyl sites for hydroxylation is 1. The number of hydrogen-bond donors (Lipinski definition) is 2. The summed E-state index contributed by atoms with van der Waals surface area (Å²) in [5.74, 6) is 1.90. The van der Waals surface area contributed by atoms with E-state index in [0.717, 1.165) is 42.9 Å². The molecule has 0 saturated carbocycles. The maximum atomic E-state index is 6.12. The number of ether oxygens (including phenoxy) is 3. The topological polar surface area (TPSA) is 78.1 Å². The molecule has 0 saturated heterocycles. The summed E-state index contributed by atoms with van der Waals surface area (Å²) in [5.41, 5.74) is 9.63. The number of rotatable bonds is 6. The van der Waals surface area contributed by atoms with E-state index in [9.17, 15) is 0 Å². The Balaban J connectivity index is 1.23. The van der Waals surface area contributed by atoms with Gasteiger partial charge < -0.3 is 25.3 Å². The van der Waals surface area contributed by atoms with Gasteiger partial charge in [0.25, 0.3) is 0 Å². The zero-order valence-corrected chi connectivity index (χ0v) is 16.7. The molecule has 6 nitrogen and oxygen atoms in total. The van der Waals surface area contributed by atoms with Crippen molar-refractivity contribution >= 4 is 11.6 Å². The molecule has 29 heavy (non-hydrogen) atoms. The molecule has 0 aromatic heterocycles. The van der Waals surface area contributed by atoms with Crippen molar-refractivity contribution in [1.82, 2.24) is 0 Å². The van der Waals surface area contributed by atoms with Gasteiger partial charge in [0.1, 0.15) is 0 Å². The minimum Gasteiger partial charge on any atom is -0.490 e. The first-order chi connectivity index (χ1) is 14.3. The van der Waals surface area contributed by atoms with Crippen LogP contribution in [0.1, 0.15) is 42.9 Å². The smallest absolute Gasteiger partial charge is 0.193 e. The number of nitrogens with two attached hydrogens (primary N) is 1. The Morgan fingerprint density at radius 3 is 2.90 bits per heavy atom. The van der Waals surface area contributed by atoms with Crippen molar-refractivity contribution in [1.29, 1.82) is 0 Å². The molecule has 2 aromatic carbocycles. The first kappa shape index (κ1) is 19.6. The molecule has 0 fully saturated rings. The molecular formula is C23H29N3O3. The van der Waals surface area contributed by atoms with Crippen molar-refractivity contribution in [3.8, 4) is 11.5 Å². The summed E-state index contributed by atoms with van der Waals surface area (Å²) in [6, 6.07) is 14.3. The first-order valence-electron chi connectivity index (χ1n) is 10.5. The number of aliphatic imine (C=N–C) groups is 1. The fourth-order valence-electron chi connectivity index (χ4n) is 3.80. The summed E-state index contributed by atoms with van der Waals surface area (Å²) in [6.07, 6.45) is 5.36. The van der Waals surface area contributed by atoms with Gasteiger partial charge in [-0.25, -0.2) is 0 Å². The van der Waals surface area contributed by atoms with Gasteiger partial charge in [0.05, 0.1) is 19.3 Å². The highest BCUT2D eigenvalue weighted by atomic mass is 16.5. The van der Waals surface area contributed by atoms with E-state index in [1.54, 1.807) is 0 Å². The van der Waals surface area contributed by atoms with Crippen LogP contribution >= 0.6 is 0 Å². The normalized spacial score (nSPS) is 18.6. The van der Waals surface area contributed by atoms with Gasteiger partial charge in [-0.2, -0.15) is 0 Å². The van der Waals surface area contributed by atoms with Crippen LogP contribution in [0.15, 0.2) is 47.5 Å². The van der Waals surface area contributed by atoms with Gasteiger partial charge in [-0.15, -0.1) is 0 Å². The second kappa shape index (κ2) is 9.65. The van der Waals surface area contributed by atoms with Crippen molar-refractivity contribution in [2.45, 2.75) is 38.2 Å². The van der Waals surface area contributed by atoms with Gasteiger partial charge in [-0.3, -0.25) is 4.99 Å². The van der Waals surface area contributed by atoms with E-state index < -0.39 is 0 Å². The number of benzene rings is 2. The Kier molecular flexibility index (Phi) is 6.52. The van der Waals surface area contributed by atoms with Gasteiger partial charge in [-0.05, 0) is 48.9 Å². The number of nitrogens with one attached hydrogen (secondary N) is 1. The van der Waals surface area contributed by atoms with Gasteiger partial charge in [0, 0.05) is 31.3 Å². The Morgan fingerprint density at radius 2 is 1.97 bits per heavy atom. The Bertz CT molecular complexity index is 853. The lowest BCUT2D eigenvalue weighted by atomic mass is 9.89. The minimum atomic E-state index is 0.209. The molecule has 1 heterocycles. The second-order valence-electron chi connectivity index (χ2n) is 7.41. The van der Waals surface area contributed by atoms with Crippen LogP contribution in [0.5, 0.6) is 11.5 Å². The number of nitrogens with zero attached hydrogens (tertiary/aromatic N) is 1. The monoisotopic (exact) mass is 395 g/mol.